The molecular weight excluding hydrogens is 446 g/mol. The molecule has 2 aromatic heterocycles. The summed E-state index contributed by atoms with van der Waals surface area (Å²) < 4.78 is 7.06. The van der Waals surface area contributed by atoms with Gasteiger partial charge in [-0.05, 0) is 88.2 Å². The fraction of sp³-hybridized carbons (Fsp3) is 0.346. The minimum absolute atomic E-state index is 0.0108. The number of benzene rings is 1. The van der Waals surface area contributed by atoms with E-state index >= 15 is 0 Å². The number of methoxy groups -OCH3 is 1. The highest BCUT2D eigenvalue weighted by Crippen LogP contribution is 2.41. The van der Waals surface area contributed by atoms with Crippen LogP contribution in [0, 0.1) is 13.8 Å². The highest BCUT2D eigenvalue weighted by molar-refractivity contribution is 7.80. The van der Waals surface area contributed by atoms with Crippen molar-refractivity contribution in [3.05, 3.63) is 82.9 Å². The first-order chi connectivity index (χ1) is 16.3. The molecule has 1 fully saturated rings. The molecule has 0 bridgehead atoms. The second-order valence-corrected chi connectivity index (χ2v) is 9.21. The van der Waals surface area contributed by atoms with Gasteiger partial charge in [0.1, 0.15) is 0 Å². The van der Waals surface area contributed by atoms with Gasteiger partial charge >= 0.3 is 5.97 Å². The molecule has 34 heavy (non-hydrogen) atoms. The van der Waals surface area contributed by atoms with Gasteiger partial charge in [0, 0.05) is 36.4 Å². The minimum atomic E-state index is -0.339. The van der Waals surface area contributed by atoms with Gasteiger partial charge in [-0.15, -0.1) is 0 Å². The quantitative estimate of drug-likeness (QED) is 0.410. The van der Waals surface area contributed by atoms with Crippen molar-refractivity contribution < 1.29 is 9.53 Å². The number of rotatable bonds is 7. The Labute approximate surface area is 206 Å². The van der Waals surface area contributed by atoms with Crippen LogP contribution in [0.2, 0.25) is 0 Å². The van der Waals surface area contributed by atoms with Gasteiger partial charge in [0.25, 0.3) is 0 Å². The number of carbonyl (C=O) groups is 1. The predicted octanol–water partition coefficient (Wildman–Crippen LogP) is 3.81. The highest BCUT2D eigenvalue weighted by Gasteiger charge is 2.41. The zero-order chi connectivity index (χ0) is 24.4. The maximum atomic E-state index is 11.9. The van der Waals surface area contributed by atoms with E-state index in [4.69, 9.17) is 17.0 Å². The molecule has 0 saturated carbocycles. The summed E-state index contributed by atoms with van der Waals surface area (Å²) in [5, 5.41) is 4.28. The number of thiocarbonyl (C=S) groups is 1. The lowest BCUT2D eigenvalue weighted by Gasteiger charge is -2.29. The molecule has 1 aromatic carbocycles. The molecule has 0 spiro atoms. The second kappa shape index (κ2) is 9.95. The molecule has 0 radical (unpaired) electrons. The summed E-state index contributed by atoms with van der Waals surface area (Å²) in [5.74, 6) is -0.339. The minimum Gasteiger partial charge on any atom is -0.465 e. The number of carbonyl (C=O) groups excluding carboxylic acids is 1. The number of aromatic nitrogens is 2. The average Bonchev–Trinajstić information content (AvgIpc) is 3.32. The molecule has 3 heterocycles. The Hall–Kier alpha value is -3.23. The van der Waals surface area contributed by atoms with Crippen molar-refractivity contribution >= 4 is 23.3 Å². The number of aryl methyl sites for hydroxylation is 1. The molecule has 1 saturated heterocycles. The van der Waals surface area contributed by atoms with Gasteiger partial charge in [0.2, 0.25) is 0 Å². The first kappa shape index (κ1) is 23.9. The van der Waals surface area contributed by atoms with Gasteiger partial charge in [0.05, 0.1) is 30.5 Å². The van der Waals surface area contributed by atoms with Gasteiger partial charge in [-0.25, -0.2) is 4.79 Å². The van der Waals surface area contributed by atoms with Crippen molar-refractivity contribution in [1.82, 2.24) is 24.7 Å². The Morgan fingerprint density at radius 1 is 1.18 bits per heavy atom. The lowest BCUT2D eigenvalue weighted by Crippen LogP contribution is -2.35. The third-order valence-electron chi connectivity index (χ3n) is 6.32. The van der Waals surface area contributed by atoms with Crippen LogP contribution in [0.3, 0.4) is 0 Å². The summed E-state index contributed by atoms with van der Waals surface area (Å²) in [6, 6.07) is 15.7. The number of nitrogens with zero attached hydrogens (tertiary/aromatic N) is 4. The zero-order valence-corrected chi connectivity index (χ0v) is 21.1. The number of ether oxygens (including phenoxy) is 1. The summed E-state index contributed by atoms with van der Waals surface area (Å²) in [7, 11) is 5.53. The SMILES string of the molecule is COC(=O)c1ccc(-n2c(C)cc([C@@H]3[C@@H](c4ccccn4)NC(=S)N3CCN(C)C)c2C)cc1. The van der Waals surface area contributed by atoms with Crippen molar-refractivity contribution in [2.24, 2.45) is 0 Å². The summed E-state index contributed by atoms with van der Waals surface area (Å²) in [4.78, 5) is 20.9. The van der Waals surface area contributed by atoms with E-state index in [2.05, 4.69) is 58.7 Å². The molecule has 3 aromatic rings. The Balaban J connectivity index is 1.76. The summed E-state index contributed by atoms with van der Waals surface area (Å²) in [6.45, 7) is 5.94. The van der Waals surface area contributed by atoms with E-state index in [0.29, 0.717) is 5.56 Å². The fourth-order valence-electron chi connectivity index (χ4n) is 4.64. The molecule has 2 atom stereocenters. The van der Waals surface area contributed by atoms with Crippen molar-refractivity contribution in [3.63, 3.8) is 0 Å². The van der Waals surface area contributed by atoms with Gasteiger partial charge in [-0.3, -0.25) is 4.98 Å². The Bertz CT molecular complexity index is 1170. The van der Waals surface area contributed by atoms with Crippen LogP contribution in [0.1, 0.15) is 45.1 Å². The normalized spacial score (nSPS) is 17.8. The number of pyridine rings is 1. The fourth-order valence-corrected chi connectivity index (χ4v) is 4.97. The van der Waals surface area contributed by atoms with E-state index in [0.717, 1.165) is 41.0 Å². The van der Waals surface area contributed by atoms with Crippen molar-refractivity contribution in [1.29, 1.82) is 0 Å². The predicted molar refractivity (Wildman–Crippen MR) is 137 cm³/mol. The topological polar surface area (TPSA) is 62.6 Å². The summed E-state index contributed by atoms with van der Waals surface area (Å²) >= 11 is 5.79. The third-order valence-corrected chi connectivity index (χ3v) is 6.67. The molecule has 0 aliphatic carbocycles. The largest absolute Gasteiger partial charge is 0.465 e. The molecule has 0 amide bonds. The Kier molecular flexibility index (Phi) is 7.00. The van der Waals surface area contributed by atoms with Gasteiger partial charge in [0.15, 0.2) is 5.11 Å². The van der Waals surface area contributed by atoms with E-state index in [-0.39, 0.29) is 18.1 Å². The van der Waals surface area contributed by atoms with Crippen LogP contribution in [0.5, 0.6) is 0 Å². The highest BCUT2D eigenvalue weighted by atomic mass is 32.1. The maximum Gasteiger partial charge on any atom is 0.337 e. The molecule has 8 heteroatoms. The summed E-state index contributed by atoms with van der Waals surface area (Å²) in [5.41, 5.74) is 5.95. The molecule has 7 nitrogen and oxygen atoms in total. The first-order valence-electron chi connectivity index (χ1n) is 11.3. The van der Waals surface area contributed by atoms with Gasteiger partial charge < -0.3 is 24.4 Å². The van der Waals surface area contributed by atoms with Crippen molar-refractivity contribution in [2.45, 2.75) is 25.9 Å². The standard InChI is InChI=1S/C26H31N5O2S/c1-17-16-21(18(2)31(17)20-11-9-19(10-12-20)25(32)33-5)24-23(22-8-6-7-13-27-22)28-26(34)30(24)15-14-29(3)4/h6-13,16,23-24H,14-15H2,1-5H3,(H,28,34)/t23-,24-/m1/s1. The molecule has 4 rings (SSSR count). The molecule has 1 aliphatic heterocycles. The summed E-state index contributed by atoms with van der Waals surface area (Å²) in [6.07, 6.45) is 1.83. The molecule has 178 valence electrons. The number of hydrogen-bond acceptors (Lipinski definition) is 5. The lowest BCUT2D eigenvalue weighted by molar-refractivity contribution is 0.0600. The Morgan fingerprint density at radius 3 is 2.53 bits per heavy atom. The second-order valence-electron chi connectivity index (χ2n) is 8.82. The van der Waals surface area contributed by atoms with Gasteiger partial charge in [-0.2, -0.15) is 0 Å². The molecule has 0 unspecified atom stereocenters. The van der Waals surface area contributed by atoms with Crippen LogP contribution in [-0.4, -0.2) is 64.7 Å². The third kappa shape index (κ3) is 4.56. The number of likely N-dealkylation sites (N-methyl/N-ethyl adjacent to an activating group) is 1. The van der Waals surface area contributed by atoms with E-state index in [1.54, 1.807) is 12.1 Å². The van der Waals surface area contributed by atoms with Crippen LogP contribution in [0.15, 0.2) is 54.7 Å². The van der Waals surface area contributed by atoms with Crippen LogP contribution in [0.25, 0.3) is 5.69 Å². The Morgan fingerprint density at radius 2 is 1.91 bits per heavy atom. The molecule has 1 aliphatic rings. The van der Waals surface area contributed by atoms with E-state index in [9.17, 15) is 4.79 Å². The van der Waals surface area contributed by atoms with Gasteiger partial charge in [-0.1, -0.05) is 6.07 Å². The maximum absolute atomic E-state index is 11.9. The monoisotopic (exact) mass is 477 g/mol. The van der Waals surface area contributed by atoms with E-state index < -0.39 is 0 Å². The van der Waals surface area contributed by atoms with Crippen LogP contribution in [0.4, 0.5) is 0 Å². The molecular formula is C26H31N5O2S. The van der Waals surface area contributed by atoms with Crippen LogP contribution >= 0.6 is 12.2 Å². The first-order valence-corrected chi connectivity index (χ1v) is 11.7. The van der Waals surface area contributed by atoms with Crippen molar-refractivity contribution in [2.75, 3.05) is 34.3 Å². The van der Waals surface area contributed by atoms with E-state index in [1.165, 1.54) is 12.7 Å². The number of hydrogen-bond donors (Lipinski definition) is 1. The van der Waals surface area contributed by atoms with Crippen LogP contribution < -0.4 is 5.32 Å². The zero-order valence-electron chi connectivity index (χ0n) is 20.3. The number of esters is 1. The van der Waals surface area contributed by atoms with E-state index in [1.807, 2.05) is 36.5 Å². The molecule has 1 N–H and O–H groups in total. The smallest absolute Gasteiger partial charge is 0.337 e. The van der Waals surface area contributed by atoms with Crippen LogP contribution in [-0.2, 0) is 4.74 Å². The average molecular weight is 478 g/mol. The lowest BCUT2D eigenvalue weighted by atomic mass is 9.96. The number of nitrogens with one attached hydrogen (secondary N) is 1. The van der Waals surface area contributed by atoms with Crippen molar-refractivity contribution in [3.8, 4) is 5.69 Å².